The number of unbranched alkanes of at least 4 members (excludes halogenated alkanes) is 1. The number of hydrogen-bond donors (Lipinski definition) is 1. The number of nitriles is 1. The van der Waals surface area contributed by atoms with Crippen molar-refractivity contribution in [2.45, 2.75) is 57.0 Å². The number of thiocarbonyl (C=S) groups is 1. The summed E-state index contributed by atoms with van der Waals surface area (Å²) in [4.78, 5) is 9.63. The number of thioether (sulfide) groups is 1. The zero-order valence-corrected chi connectivity index (χ0v) is 21.5. The zero-order valence-electron chi connectivity index (χ0n) is 19.9. The van der Waals surface area contributed by atoms with Crippen molar-refractivity contribution in [3.05, 3.63) is 52.7 Å². The van der Waals surface area contributed by atoms with Crippen LogP contribution in [0, 0.1) is 11.3 Å². The molecule has 0 spiro atoms. The summed E-state index contributed by atoms with van der Waals surface area (Å²) in [5.41, 5.74) is 5.56. The van der Waals surface area contributed by atoms with Gasteiger partial charge in [-0.1, -0.05) is 45.4 Å². The van der Waals surface area contributed by atoms with E-state index in [1.54, 1.807) is 0 Å². The minimum atomic E-state index is 0.146. The maximum Gasteiger partial charge on any atom is 0.173 e. The number of aryl methyl sites for hydroxylation is 1. The number of para-hydroxylation sites is 1. The highest BCUT2D eigenvalue weighted by molar-refractivity contribution is 7.99. The smallest absolute Gasteiger partial charge is 0.173 e. The first kappa shape index (κ1) is 23.8. The summed E-state index contributed by atoms with van der Waals surface area (Å²) in [5.74, 6) is 1.84. The van der Waals surface area contributed by atoms with Crippen molar-refractivity contribution in [3.8, 4) is 6.07 Å². The Morgan fingerprint density at radius 2 is 1.91 bits per heavy atom. The molecule has 2 aliphatic rings. The summed E-state index contributed by atoms with van der Waals surface area (Å²) in [6.45, 7) is 10.0. The lowest BCUT2D eigenvalue weighted by atomic mass is 9.91. The van der Waals surface area contributed by atoms with Gasteiger partial charge < -0.3 is 15.1 Å². The Kier molecular flexibility index (Phi) is 7.45. The standard InChI is InChI=1S/C26H33N5S2/c1-4-5-11-23-22-18-33-26(2,3)16-20(22)21(17-27)24(29-23)30-12-14-31(15-13-30)25(32)28-19-9-7-6-8-10-19/h6-10H,4-5,11-16,18H2,1-3H3,(H,28,32). The molecule has 7 heteroatoms. The van der Waals surface area contributed by atoms with Crippen LogP contribution in [0.2, 0.25) is 0 Å². The highest BCUT2D eigenvalue weighted by Crippen LogP contribution is 2.42. The van der Waals surface area contributed by atoms with E-state index in [0.29, 0.717) is 0 Å². The van der Waals surface area contributed by atoms with Gasteiger partial charge in [0.05, 0.1) is 5.56 Å². The number of rotatable bonds is 5. The van der Waals surface area contributed by atoms with Crippen molar-refractivity contribution in [1.29, 1.82) is 5.26 Å². The monoisotopic (exact) mass is 479 g/mol. The van der Waals surface area contributed by atoms with Gasteiger partial charge in [0.2, 0.25) is 0 Å². The molecule has 0 saturated carbocycles. The number of aromatic nitrogens is 1. The highest BCUT2D eigenvalue weighted by Gasteiger charge is 2.33. The summed E-state index contributed by atoms with van der Waals surface area (Å²) in [6, 6.07) is 12.6. The van der Waals surface area contributed by atoms with Crippen molar-refractivity contribution in [3.63, 3.8) is 0 Å². The molecule has 5 nitrogen and oxygen atoms in total. The Morgan fingerprint density at radius 3 is 2.58 bits per heavy atom. The van der Waals surface area contributed by atoms with Crippen molar-refractivity contribution >= 4 is 40.6 Å². The molecule has 1 aromatic carbocycles. The van der Waals surface area contributed by atoms with E-state index >= 15 is 0 Å². The SMILES string of the molecule is CCCCc1nc(N2CCN(C(=S)Nc3ccccc3)CC2)c(C#N)c2c1CSC(C)(C)C2. The minimum absolute atomic E-state index is 0.146. The molecule has 0 bridgehead atoms. The van der Waals surface area contributed by atoms with E-state index in [-0.39, 0.29) is 4.75 Å². The van der Waals surface area contributed by atoms with Crippen LogP contribution in [0.3, 0.4) is 0 Å². The molecule has 4 rings (SSSR count). The Bertz CT molecular complexity index is 1040. The Hall–Kier alpha value is -2.30. The largest absolute Gasteiger partial charge is 0.352 e. The summed E-state index contributed by atoms with van der Waals surface area (Å²) in [7, 11) is 0. The summed E-state index contributed by atoms with van der Waals surface area (Å²) < 4.78 is 0.146. The molecular formula is C26H33N5S2. The zero-order chi connectivity index (χ0) is 23.4. The Balaban J connectivity index is 1.55. The van der Waals surface area contributed by atoms with E-state index in [0.717, 1.165) is 79.8 Å². The highest BCUT2D eigenvalue weighted by atomic mass is 32.2. The van der Waals surface area contributed by atoms with E-state index in [1.165, 1.54) is 16.8 Å². The molecule has 1 N–H and O–H groups in total. The van der Waals surface area contributed by atoms with Crippen molar-refractivity contribution < 1.29 is 0 Å². The van der Waals surface area contributed by atoms with Gasteiger partial charge in [-0.2, -0.15) is 17.0 Å². The molecule has 0 atom stereocenters. The predicted octanol–water partition coefficient (Wildman–Crippen LogP) is 5.38. The summed E-state index contributed by atoms with van der Waals surface area (Å²) in [5, 5.41) is 14.3. The minimum Gasteiger partial charge on any atom is -0.352 e. The second-order valence-electron chi connectivity index (χ2n) is 9.42. The molecule has 2 aromatic rings. The van der Waals surface area contributed by atoms with E-state index in [2.05, 4.69) is 42.0 Å². The van der Waals surface area contributed by atoms with Crippen LogP contribution in [0.4, 0.5) is 11.5 Å². The first-order valence-electron chi connectivity index (χ1n) is 11.9. The number of benzene rings is 1. The van der Waals surface area contributed by atoms with Gasteiger partial charge in [0.15, 0.2) is 5.11 Å². The van der Waals surface area contributed by atoms with Gasteiger partial charge in [-0.3, -0.25) is 0 Å². The molecule has 3 heterocycles. The van der Waals surface area contributed by atoms with Crippen molar-refractivity contribution in [2.75, 3.05) is 36.4 Å². The lowest BCUT2D eigenvalue weighted by molar-refractivity contribution is 0.389. The van der Waals surface area contributed by atoms with Gasteiger partial charge in [0.1, 0.15) is 11.9 Å². The first-order valence-corrected chi connectivity index (χ1v) is 13.3. The van der Waals surface area contributed by atoms with Crippen LogP contribution in [0.5, 0.6) is 0 Å². The number of fused-ring (bicyclic) bond motifs is 1. The van der Waals surface area contributed by atoms with Crippen LogP contribution >= 0.6 is 24.0 Å². The van der Waals surface area contributed by atoms with Gasteiger partial charge in [-0.25, -0.2) is 4.98 Å². The molecule has 0 aliphatic carbocycles. The van der Waals surface area contributed by atoms with E-state index in [9.17, 15) is 5.26 Å². The topological polar surface area (TPSA) is 55.2 Å². The van der Waals surface area contributed by atoms with Crippen LogP contribution in [-0.2, 0) is 18.6 Å². The van der Waals surface area contributed by atoms with Crippen LogP contribution < -0.4 is 10.2 Å². The van der Waals surface area contributed by atoms with Gasteiger partial charge in [-0.15, -0.1) is 0 Å². The Morgan fingerprint density at radius 1 is 1.18 bits per heavy atom. The molecule has 0 amide bonds. The molecule has 0 radical (unpaired) electrons. The average Bonchev–Trinajstić information content (AvgIpc) is 2.82. The molecular weight excluding hydrogens is 446 g/mol. The lowest BCUT2D eigenvalue weighted by Gasteiger charge is -2.39. The van der Waals surface area contributed by atoms with E-state index < -0.39 is 0 Å². The quantitative estimate of drug-likeness (QED) is 0.578. The fourth-order valence-electron chi connectivity index (χ4n) is 4.56. The second kappa shape index (κ2) is 10.3. The summed E-state index contributed by atoms with van der Waals surface area (Å²) in [6.07, 6.45) is 4.19. The van der Waals surface area contributed by atoms with Crippen LogP contribution in [-0.4, -0.2) is 45.9 Å². The van der Waals surface area contributed by atoms with Crippen LogP contribution in [0.25, 0.3) is 0 Å². The van der Waals surface area contributed by atoms with Crippen molar-refractivity contribution in [1.82, 2.24) is 9.88 Å². The van der Waals surface area contributed by atoms with Gasteiger partial charge >= 0.3 is 0 Å². The molecule has 33 heavy (non-hydrogen) atoms. The van der Waals surface area contributed by atoms with Crippen LogP contribution in [0.1, 0.15) is 56.0 Å². The first-order chi connectivity index (χ1) is 15.9. The number of anilines is 2. The fraction of sp³-hybridized carbons (Fsp3) is 0.500. The third kappa shape index (κ3) is 5.44. The maximum absolute atomic E-state index is 10.2. The molecule has 1 aromatic heterocycles. The summed E-state index contributed by atoms with van der Waals surface area (Å²) >= 11 is 7.64. The van der Waals surface area contributed by atoms with Crippen molar-refractivity contribution in [2.24, 2.45) is 0 Å². The predicted molar refractivity (Wildman–Crippen MR) is 143 cm³/mol. The normalized spacial score (nSPS) is 17.3. The second-order valence-corrected chi connectivity index (χ2v) is 11.5. The Labute approximate surface area is 207 Å². The lowest BCUT2D eigenvalue weighted by Crippen LogP contribution is -2.50. The average molecular weight is 480 g/mol. The van der Waals surface area contributed by atoms with Gasteiger partial charge in [0, 0.05) is 48.1 Å². The molecule has 2 aliphatic heterocycles. The molecule has 174 valence electrons. The number of pyridine rings is 1. The van der Waals surface area contributed by atoms with Gasteiger partial charge in [-0.05, 0) is 54.7 Å². The fourth-order valence-corrected chi connectivity index (χ4v) is 5.99. The molecule has 1 saturated heterocycles. The number of hydrogen-bond acceptors (Lipinski definition) is 5. The maximum atomic E-state index is 10.2. The number of nitrogens with one attached hydrogen (secondary N) is 1. The van der Waals surface area contributed by atoms with Crippen LogP contribution in [0.15, 0.2) is 30.3 Å². The third-order valence-corrected chi connectivity index (χ3v) is 8.18. The number of nitrogens with zero attached hydrogens (tertiary/aromatic N) is 4. The molecule has 0 unspecified atom stereocenters. The molecule has 1 fully saturated rings. The van der Waals surface area contributed by atoms with Gasteiger partial charge in [0.25, 0.3) is 0 Å². The van der Waals surface area contributed by atoms with E-state index in [4.69, 9.17) is 17.2 Å². The third-order valence-electron chi connectivity index (χ3n) is 6.46. The number of piperazine rings is 1. The van der Waals surface area contributed by atoms with E-state index in [1.807, 2.05) is 42.1 Å².